The Bertz CT molecular complexity index is 679. The van der Waals surface area contributed by atoms with Crippen LogP contribution >= 0.6 is 15.9 Å². The Balaban J connectivity index is 2.71. The van der Waals surface area contributed by atoms with Crippen LogP contribution in [0.3, 0.4) is 0 Å². The van der Waals surface area contributed by atoms with E-state index >= 15 is 0 Å². The molecule has 0 saturated heterocycles. The molecule has 0 atom stereocenters. The first-order chi connectivity index (χ1) is 8.50. The number of halogens is 1. The Morgan fingerprint density at radius 3 is 2.67 bits per heavy atom. The normalized spacial score (nSPS) is 10.3. The van der Waals surface area contributed by atoms with Crippen LogP contribution in [-0.4, -0.2) is 20.9 Å². The summed E-state index contributed by atoms with van der Waals surface area (Å²) in [4.78, 5) is 22.6. The van der Waals surface area contributed by atoms with Gasteiger partial charge in [0, 0.05) is 16.2 Å². The molecule has 0 bridgehead atoms. The average molecular weight is 309 g/mol. The zero-order chi connectivity index (χ0) is 13.3. The van der Waals surface area contributed by atoms with Gasteiger partial charge < -0.3 is 5.11 Å². The molecule has 1 aromatic carbocycles. The molecular formula is C12H9BrN2O3. The van der Waals surface area contributed by atoms with Crippen LogP contribution in [0, 0.1) is 6.92 Å². The summed E-state index contributed by atoms with van der Waals surface area (Å²) in [7, 11) is 0. The molecule has 0 fully saturated rings. The maximum absolute atomic E-state index is 11.6. The van der Waals surface area contributed by atoms with E-state index in [1.54, 1.807) is 19.1 Å². The van der Waals surface area contributed by atoms with E-state index in [4.69, 9.17) is 5.11 Å². The van der Waals surface area contributed by atoms with Crippen molar-refractivity contribution >= 4 is 21.9 Å². The third kappa shape index (κ3) is 2.19. The molecule has 18 heavy (non-hydrogen) atoms. The maximum atomic E-state index is 11.6. The van der Waals surface area contributed by atoms with Crippen molar-refractivity contribution in [2.24, 2.45) is 0 Å². The van der Waals surface area contributed by atoms with Crippen LogP contribution in [0.5, 0.6) is 0 Å². The molecule has 0 saturated carbocycles. The fourth-order valence-electron chi connectivity index (χ4n) is 1.51. The van der Waals surface area contributed by atoms with Gasteiger partial charge in [0.05, 0.1) is 5.69 Å². The number of rotatable bonds is 2. The number of aromatic carboxylic acids is 1. The summed E-state index contributed by atoms with van der Waals surface area (Å²) in [5.41, 5.74) is -0.0437. The Labute approximate surface area is 111 Å². The van der Waals surface area contributed by atoms with Crippen molar-refractivity contribution in [2.75, 3.05) is 0 Å². The first kappa shape index (κ1) is 12.5. The average Bonchev–Trinajstić information content (AvgIpc) is 2.33. The highest BCUT2D eigenvalue weighted by Gasteiger charge is 2.14. The minimum absolute atomic E-state index is 0.332. The van der Waals surface area contributed by atoms with Gasteiger partial charge in [0.25, 0.3) is 0 Å². The van der Waals surface area contributed by atoms with Crippen LogP contribution < -0.4 is 5.43 Å². The zero-order valence-electron chi connectivity index (χ0n) is 9.42. The number of benzene rings is 1. The number of carboxylic acids is 1. The SMILES string of the molecule is Cc1cn(-c2ccccc2Br)nc(C(=O)O)c1=O. The minimum Gasteiger partial charge on any atom is -0.476 e. The lowest BCUT2D eigenvalue weighted by Gasteiger charge is -2.09. The van der Waals surface area contributed by atoms with Gasteiger partial charge in [-0.3, -0.25) is 4.79 Å². The number of hydrogen-bond acceptors (Lipinski definition) is 3. The van der Waals surface area contributed by atoms with Gasteiger partial charge in [-0.25, -0.2) is 9.48 Å². The van der Waals surface area contributed by atoms with Gasteiger partial charge in [0.1, 0.15) is 0 Å². The smallest absolute Gasteiger partial charge is 0.360 e. The second-order valence-electron chi connectivity index (χ2n) is 3.69. The molecular weight excluding hydrogens is 300 g/mol. The molecule has 0 radical (unpaired) electrons. The number of carbonyl (C=O) groups is 1. The molecule has 5 nitrogen and oxygen atoms in total. The topological polar surface area (TPSA) is 72.2 Å². The maximum Gasteiger partial charge on any atom is 0.360 e. The highest BCUT2D eigenvalue weighted by molar-refractivity contribution is 9.10. The van der Waals surface area contributed by atoms with Gasteiger partial charge in [0.2, 0.25) is 11.1 Å². The first-order valence-corrected chi connectivity index (χ1v) is 5.89. The number of aromatic nitrogens is 2. The van der Waals surface area contributed by atoms with Crippen molar-refractivity contribution in [1.29, 1.82) is 0 Å². The van der Waals surface area contributed by atoms with Crippen molar-refractivity contribution in [1.82, 2.24) is 9.78 Å². The van der Waals surface area contributed by atoms with E-state index in [1.807, 2.05) is 12.1 Å². The lowest BCUT2D eigenvalue weighted by atomic mass is 10.2. The van der Waals surface area contributed by atoms with Gasteiger partial charge in [0.15, 0.2) is 0 Å². The van der Waals surface area contributed by atoms with Crippen LogP contribution in [0.4, 0.5) is 0 Å². The molecule has 0 unspecified atom stereocenters. The van der Waals surface area contributed by atoms with Gasteiger partial charge in [-0.2, -0.15) is 5.10 Å². The molecule has 6 heteroatoms. The second-order valence-corrected chi connectivity index (χ2v) is 4.55. The molecule has 1 aromatic heterocycles. The van der Waals surface area contributed by atoms with Crippen molar-refractivity contribution in [3.63, 3.8) is 0 Å². The van der Waals surface area contributed by atoms with E-state index in [0.717, 1.165) is 4.47 Å². The van der Waals surface area contributed by atoms with E-state index in [-0.39, 0.29) is 0 Å². The van der Waals surface area contributed by atoms with E-state index in [2.05, 4.69) is 21.0 Å². The van der Waals surface area contributed by atoms with Crippen molar-refractivity contribution < 1.29 is 9.90 Å². The highest BCUT2D eigenvalue weighted by atomic mass is 79.9. The van der Waals surface area contributed by atoms with Crippen LogP contribution in [0.15, 0.2) is 39.7 Å². The summed E-state index contributed by atoms with van der Waals surface area (Å²) < 4.78 is 2.14. The molecule has 92 valence electrons. The predicted molar refractivity (Wildman–Crippen MR) is 69.2 cm³/mol. The fourth-order valence-corrected chi connectivity index (χ4v) is 1.98. The zero-order valence-corrected chi connectivity index (χ0v) is 11.0. The summed E-state index contributed by atoms with van der Waals surface area (Å²) >= 11 is 3.35. The molecule has 0 amide bonds. The first-order valence-electron chi connectivity index (χ1n) is 5.09. The van der Waals surface area contributed by atoms with Crippen molar-refractivity contribution in [3.8, 4) is 5.69 Å². The molecule has 1 heterocycles. The molecule has 2 aromatic rings. The summed E-state index contributed by atoms with van der Waals surface area (Å²) in [6.07, 6.45) is 1.51. The van der Waals surface area contributed by atoms with Crippen molar-refractivity contribution in [2.45, 2.75) is 6.92 Å². The Morgan fingerprint density at radius 2 is 2.06 bits per heavy atom. The lowest BCUT2D eigenvalue weighted by Crippen LogP contribution is -2.23. The second kappa shape index (κ2) is 4.73. The number of nitrogens with zero attached hydrogens (tertiary/aromatic N) is 2. The Kier molecular flexibility index (Phi) is 3.29. The number of carboxylic acid groups (broad SMARTS) is 1. The molecule has 0 aliphatic heterocycles. The van der Waals surface area contributed by atoms with E-state index in [0.29, 0.717) is 11.3 Å². The molecule has 1 N–H and O–H groups in total. The van der Waals surface area contributed by atoms with Crippen LogP contribution in [0.25, 0.3) is 5.69 Å². The van der Waals surface area contributed by atoms with Crippen LogP contribution in [0.2, 0.25) is 0 Å². The van der Waals surface area contributed by atoms with E-state index < -0.39 is 17.1 Å². The number of para-hydroxylation sites is 1. The summed E-state index contributed by atoms with van der Waals surface area (Å²) in [5, 5.41) is 12.8. The van der Waals surface area contributed by atoms with Crippen molar-refractivity contribution in [3.05, 3.63) is 56.4 Å². The van der Waals surface area contributed by atoms with Crippen LogP contribution in [0.1, 0.15) is 16.1 Å². The molecule has 0 aliphatic rings. The van der Waals surface area contributed by atoms with Gasteiger partial charge in [-0.1, -0.05) is 12.1 Å². The predicted octanol–water partition coefficient (Wildman–Crippen LogP) is 2.00. The van der Waals surface area contributed by atoms with E-state index in [9.17, 15) is 9.59 Å². The Hall–Kier alpha value is -1.95. The van der Waals surface area contributed by atoms with Crippen LogP contribution in [-0.2, 0) is 0 Å². The monoisotopic (exact) mass is 308 g/mol. The number of hydrogen-bond donors (Lipinski definition) is 1. The summed E-state index contributed by atoms with van der Waals surface area (Å²) in [6, 6.07) is 7.22. The molecule has 2 rings (SSSR count). The highest BCUT2D eigenvalue weighted by Crippen LogP contribution is 2.19. The quantitative estimate of drug-likeness (QED) is 0.921. The third-order valence-corrected chi connectivity index (χ3v) is 3.07. The third-order valence-electron chi connectivity index (χ3n) is 2.40. The number of aryl methyl sites for hydroxylation is 1. The van der Waals surface area contributed by atoms with Gasteiger partial charge >= 0.3 is 5.97 Å². The minimum atomic E-state index is -1.33. The summed E-state index contributed by atoms with van der Waals surface area (Å²) in [5.74, 6) is -1.33. The molecule has 0 aliphatic carbocycles. The molecule has 0 spiro atoms. The lowest BCUT2D eigenvalue weighted by molar-refractivity contribution is 0.0686. The Morgan fingerprint density at radius 1 is 1.39 bits per heavy atom. The largest absolute Gasteiger partial charge is 0.476 e. The van der Waals surface area contributed by atoms with E-state index in [1.165, 1.54) is 10.9 Å². The van der Waals surface area contributed by atoms with Gasteiger partial charge in [-0.15, -0.1) is 0 Å². The summed E-state index contributed by atoms with van der Waals surface area (Å²) in [6.45, 7) is 1.56. The van der Waals surface area contributed by atoms with Gasteiger partial charge in [-0.05, 0) is 35.0 Å². The fraction of sp³-hybridized carbons (Fsp3) is 0.0833. The standard InChI is InChI=1S/C12H9BrN2O3/c1-7-6-15(9-5-3-2-4-8(9)13)14-10(11(7)16)12(17)18/h2-6H,1H3,(H,17,18).